The van der Waals surface area contributed by atoms with Crippen LogP contribution >= 0.6 is 0 Å². The molecule has 0 unspecified atom stereocenters. The van der Waals surface area contributed by atoms with E-state index in [0.717, 1.165) is 25.2 Å². The molecule has 0 spiro atoms. The predicted molar refractivity (Wildman–Crippen MR) is 61.3 cm³/mol. The number of carboxylic acid groups (broad SMARTS) is 1. The summed E-state index contributed by atoms with van der Waals surface area (Å²) in [5, 5.41) is 9.15. The molecule has 3 aliphatic rings. The third kappa shape index (κ3) is 2.05. The van der Waals surface area contributed by atoms with E-state index in [9.17, 15) is 9.59 Å². The minimum atomic E-state index is -0.832. The first-order chi connectivity index (χ1) is 8.18. The molecule has 0 bridgehead atoms. The molecule has 0 aromatic rings. The molecular formula is C13H19NO3. The van der Waals surface area contributed by atoms with Gasteiger partial charge in [-0.25, -0.2) is 4.79 Å². The highest BCUT2D eigenvalue weighted by Gasteiger charge is 2.53. The van der Waals surface area contributed by atoms with Crippen molar-refractivity contribution >= 4 is 11.9 Å². The standard InChI is InChI=1S/C13H19NO3/c15-12(10-7-9(10)8-4-5-8)14-6-2-1-3-11(14)13(16)17/h8-11H,1-7H2,(H,16,17)/t9-,10-,11+/m0/s1. The third-order valence-corrected chi connectivity index (χ3v) is 4.46. The number of carboxylic acids is 1. The first-order valence-electron chi connectivity index (χ1n) is 6.72. The maximum Gasteiger partial charge on any atom is 0.326 e. The second-order valence-corrected chi connectivity index (χ2v) is 5.72. The van der Waals surface area contributed by atoms with Crippen LogP contribution in [0.4, 0.5) is 0 Å². The number of carbonyl (C=O) groups is 2. The summed E-state index contributed by atoms with van der Waals surface area (Å²) < 4.78 is 0. The average molecular weight is 237 g/mol. The zero-order valence-corrected chi connectivity index (χ0v) is 9.97. The molecule has 1 N–H and O–H groups in total. The minimum Gasteiger partial charge on any atom is -0.480 e. The second kappa shape index (κ2) is 4.00. The van der Waals surface area contributed by atoms with Crippen LogP contribution in [0.3, 0.4) is 0 Å². The fourth-order valence-electron chi connectivity index (χ4n) is 3.21. The maximum atomic E-state index is 12.3. The molecule has 4 heteroatoms. The number of carbonyl (C=O) groups excluding carboxylic acids is 1. The van der Waals surface area contributed by atoms with Crippen LogP contribution in [0.25, 0.3) is 0 Å². The van der Waals surface area contributed by atoms with Crippen molar-refractivity contribution in [1.29, 1.82) is 0 Å². The molecular weight excluding hydrogens is 218 g/mol. The number of likely N-dealkylation sites (tertiary alicyclic amines) is 1. The Labute approximate surface area is 101 Å². The van der Waals surface area contributed by atoms with Crippen molar-refractivity contribution in [2.24, 2.45) is 17.8 Å². The molecule has 0 aromatic heterocycles. The van der Waals surface area contributed by atoms with Crippen LogP contribution < -0.4 is 0 Å². The van der Waals surface area contributed by atoms with Gasteiger partial charge in [0.25, 0.3) is 0 Å². The zero-order chi connectivity index (χ0) is 12.0. The van der Waals surface area contributed by atoms with E-state index in [4.69, 9.17) is 5.11 Å². The molecule has 17 heavy (non-hydrogen) atoms. The Hall–Kier alpha value is -1.06. The first kappa shape index (κ1) is 11.1. The topological polar surface area (TPSA) is 57.6 Å². The largest absolute Gasteiger partial charge is 0.480 e. The lowest BCUT2D eigenvalue weighted by molar-refractivity contribution is -0.152. The molecule has 1 heterocycles. The third-order valence-electron chi connectivity index (χ3n) is 4.46. The van der Waals surface area contributed by atoms with Crippen molar-refractivity contribution in [3.05, 3.63) is 0 Å². The summed E-state index contributed by atoms with van der Waals surface area (Å²) in [6.45, 7) is 0.643. The van der Waals surface area contributed by atoms with Gasteiger partial charge in [0, 0.05) is 12.5 Å². The normalized spacial score (nSPS) is 36.7. The highest BCUT2D eigenvalue weighted by molar-refractivity contribution is 5.87. The van der Waals surface area contributed by atoms with Gasteiger partial charge in [-0.1, -0.05) is 0 Å². The number of hydrogen-bond donors (Lipinski definition) is 1. The molecule has 1 aliphatic heterocycles. The lowest BCUT2D eigenvalue weighted by Crippen LogP contribution is -2.48. The summed E-state index contributed by atoms with van der Waals surface area (Å²) in [7, 11) is 0. The summed E-state index contributed by atoms with van der Waals surface area (Å²) in [5.74, 6) is 0.800. The predicted octanol–water partition coefficient (Wildman–Crippen LogP) is 1.50. The van der Waals surface area contributed by atoms with Crippen LogP contribution in [0, 0.1) is 17.8 Å². The Kier molecular flexibility index (Phi) is 2.60. The van der Waals surface area contributed by atoms with Crippen LogP contribution in [0.2, 0.25) is 0 Å². The van der Waals surface area contributed by atoms with Crippen LogP contribution in [0.1, 0.15) is 38.5 Å². The number of nitrogens with zero attached hydrogens (tertiary/aromatic N) is 1. The quantitative estimate of drug-likeness (QED) is 0.809. The van der Waals surface area contributed by atoms with Gasteiger partial charge in [-0.15, -0.1) is 0 Å². The van der Waals surface area contributed by atoms with E-state index >= 15 is 0 Å². The molecule has 0 aromatic carbocycles. The van der Waals surface area contributed by atoms with Crippen molar-refractivity contribution in [3.8, 4) is 0 Å². The lowest BCUT2D eigenvalue weighted by Gasteiger charge is -2.33. The SMILES string of the molecule is O=C(O)[C@H]1CCCCN1C(=O)[C@H]1C[C@H]1C1CC1. The summed E-state index contributed by atoms with van der Waals surface area (Å²) in [5.41, 5.74) is 0. The van der Waals surface area contributed by atoms with E-state index < -0.39 is 12.0 Å². The highest BCUT2D eigenvalue weighted by atomic mass is 16.4. The van der Waals surface area contributed by atoms with Crippen LogP contribution in [-0.4, -0.2) is 34.5 Å². The van der Waals surface area contributed by atoms with Crippen LogP contribution in [0.15, 0.2) is 0 Å². The molecule has 2 aliphatic carbocycles. The molecule has 1 saturated heterocycles. The van der Waals surface area contributed by atoms with Gasteiger partial charge >= 0.3 is 5.97 Å². The van der Waals surface area contributed by atoms with Crippen molar-refractivity contribution in [3.63, 3.8) is 0 Å². The van der Waals surface area contributed by atoms with Crippen molar-refractivity contribution in [2.45, 2.75) is 44.6 Å². The summed E-state index contributed by atoms with van der Waals surface area (Å²) in [4.78, 5) is 25.1. The molecule has 3 rings (SSSR count). The van der Waals surface area contributed by atoms with Gasteiger partial charge in [0.15, 0.2) is 0 Å². The molecule has 4 nitrogen and oxygen atoms in total. The molecule has 1 amide bonds. The Bertz CT molecular complexity index is 351. The first-order valence-corrected chi connectivity index (χ1v) is 6.72. The van der Waals surface area contributed by atoms with E-state index in [1.54, 1.807) is 4.90 Å². The van der Waals surface area contributed by atoms with E-state index in [2.05, 4.69) is 0 Å². The maximum absolute atomic E-state index is 12.3. The minimum absolute atomic E-state index is 0.119. The lowest BCUT2D eigenvalue weighted by atomic mass is 10.0. The van der Waals surface area contributed by atoms with Gasteiger partial charge in [0.05, 0.1) is 0 Å². The number of piperidine rings is 1. The van der Waals surface area contributed by atoms with Crippen molar-refractivity contribution in [2.75, 3.05) is 6.54 Å². The molecule has 0 radical (unpaired) electrons. The molecule has 2 saturated carbocycles. The second-order valence-electron chi connectivity index (χ2n) is 5.72. The summed E-state index contributed by atoms with van der Waals surface area (Å²) in [6, 6.07) is -0.559. The Morgan fingerprint density at radius 3 is 2.53 bits per heavy atom. The Balaban J connectivity index is 1.65. The molecule has 3 fully saturated rings. The van der Waals surface area contributed by atoms with Crippen molar-refractivity contribution < 1.29 is 14.7 Å². The van der Waals surface area contributed by atoms with Gasteiger partial charge in [-0.05, 0) is 50.4 Å². The number of aliphatic carboxylic acids is 1. The Morgan fingerprint density at radius 1 is 1.12 bits per heavy atom. The number of hydrogen-bond acceptors (Lipinski definition) is 2. The summed E-state index contributed by atoms with van der Waals surface area (Å²) in [6.07, 6.45) is 6.07. The highest BCUT2D eigenvalue weighted by Crippen LogP contribution is 2.55. The van der Waals surface area contributed by atoms with Gasteiger partial charge in [-0.2, -0.15) is 0 Å². The smallest absolute Gasteiger partial charge is 0.326 e. The fraction of sp³-hybridized carbons (Fsp3) is 0.846. The monoisotopic (exact) mass is 237 g/mol. The Morgan fingerprint density at radius 2 is 1.88 bits per heavy atom. The number of amides is 1. The average Bonchev–Trinajstić information content (AvgIpc) is 3.15. The number of rotatable bonds is 3. The van der Waals surface area contributed by atoms with E-state index in [0.29, 0.717) is 18.9 Å². The van der Waals surface area contributed by atoms with E-state index in [1.165, 1.54) is 12.8 Å². The molecule has 94 valence electrons. The van der Waals surface area contributed by atoms with Crippen LogP contribution in [-0.2, 0) is 9.59 Å². The van der Waals surface area contributed by atoms with E-state index in [1.807, 2.05) is 0 Å². The summed E-state index contributed by atoms with van der Waals surface area (Å²) >= 11 is 0. The fourth-order valence-corrected chi connectivity index (χ4v) is 3.21. The molecule has 3 atom stereocenters. The zero-order valence-electron chi connectivity index (χ0n) is 9.97. The van der Waals surface area contributed by atoms with Crippen LogP contribution in [0.5, 0.6) is 0 Å². The van der Waals surface area contributed by atoms with Gasteiger partial charge in [0.1, 0.15) is 6.04 Å². The van der Waals surface area contributed by atoms with Gasteiger partial charge < -0.3 is 10.0 Å². The van der Waals surface area contributed by atoms with E-state index in [-0.39, 0.29) is 11.8 Å². The van der Waals surface area contributed by atoms with Gasteiger partial charge in [-0.3, -0.25) is 4.79 Å². The van der Waals surface area contributed by atoms with Crippen molar-refractivity contribution in [1.82, 2.24) is 4.90 Å². The van der Waals surface area contributed by atoms with Gasteiger partial charge in [0.2, 0.25) is 5.91 Å².